The first kappa shape index (κ1) is 19.7. The Labute approximate surface area is 186 Å². The summed E-state index contributed by atoms with van der Waals surface area (Å²) in [6.07, 6.45) is 1.56. The standard InChI is InChI=1S/C24H14ClN3O4/c25-20-9-7-17(28(29)30)13-19(20)22-11-8-18(31-22)14-26-16-6-10-23-21(12-16)27-24(32-23)15-4-2-1-3-5-15/h1-14H. The summed E-state index contributed by atoms with van der Waals surface area (Å²) in [6.45, 7) is 0. The molecule has 0 fully saturated rings. The fourth-order valence-corrected chi connectivity index (χ4v) is 3.43. The zero-order valence-corrected chi connectivity index (χ0v) is 17.2. The SMILES string of the molecule is O=[N+]([O-])c1ccc(Cl)c(-c2ccc(C=Nc3ccc4oc(-c5ccccc5)nc4c3)o2)c1. The van der Waals surface area contributed by atoms with Gasteiger partial charge in [0.05, 0.1) is 21.8 Å². The average Bonchev–Trinajstić information content (AvgIpc) is 3.45. The molecule has 32 heavy (non-hydrogen) atoms. The van der Waals surface area contributed by atoms with Gasteiger partial charge in [-0.3, -0.25) is 15.1 Å². The highest BCUT2D eigenvalue weighted by atomic mass is 35.5. The molecule has 0 unspecified atom stereocenters. The van der Waals surface area contributed by atoms with Gasteiger partial charge in [-0.25, -0.2) is 4.98 Å². The third-order valence-corrected chi connectivity index (χ3v) is 5.12. The topological polar surface area (TPSA) is 94.7 Å². The number of rotatable bonds is 5. The van der Waals surface area contributed by atoms with Crippen LogP contribution in [0.2, 0.25) is 5.02 Å². The predicted molar refractivity (Wildman–Crippen MR) is 123 cm³/mol. The number of hydrogen-bond donors (Lipinski definition) is 0. The van der Waals surface area contributed by atoms with Crippen LogP contribution in [-0.4, -0.2) is 16.1 Å². The lowest BCUT2D eigenvalue weighted by molar-refractivity contribution is -0.384. The molecule has 3 aromatic carbocycles. The molecule has 0 bridgehead atoms. The molecule has 0 aliphatic carbocycles. The van der Waals surface area contributed by atoms with Gasteiger partial charge >= 0.3 is 0 Å². The van der Waals surface area contributed by atoms with Gasteiger partial charge in [0.2, 0.25) is 5.89 Å². The largest absolute Gasteiger partial charge is 0.455 e. The maximum absolute atomic E-state index is 11.0. The van der Waals surface area contributed by atoms with Crippen molar-refractivity contribution in [2.75, 3.05) is 0 Å². The molecule has 0 atom stereocenters. The summed E-state index contributed by atoms with van der Waals surface area (Å²) in [7, 11) is 0. The zero-order valence-electron chi connectivity index (χ0n) is 16.4. The number of hydrogen-bond acceptors (Lipinski definition) is 6. The summed E-state index contributed by atoms with van der Waals surface area (Å²) in [5.41, 5.74) is 3.32. The van der Waals surface area contributed by atoms with E-state index in [9.17, 15) is 10.1 Å². The van der Waals surface area contributed by atoms with Gasteiger partial charge in [-0.15, -0.1) is 0 Å². The van der Waals surface area contributed by atoms with Gasteiger partial charge in [0.1, 0.15) is 17.0 Å². The fraction of sp³-hybridized carbons (Fsp3) is 0. The molecule has 5 rings (SSSR count). The Morgan fingerprint density at radius 3 is 2.62 bits per heavy atom. The number of nitrogens with zero attached hydrogens (tertiary/aromatic N) is 3. The van der Waals surface area contributed by atoms with Crippen LogP contribution in [0.4, 0.5) is 11.4 Å². The number of aliphatic imine (C=N–C) groups is 1. The Balaban J connectivity index is 1.40. The van der Waals surface area contributed by atoms with Crippen LogP contribution >= 0.6 is 11.6 Å². The first-order chi connectivity index (χ1) is 15.6. The molecule has 156 valence electrons. The van der Waals surface area contributed by atoms with Crippen LogP contribution in [0.15, 0.2) is 92.7 Å². The third-order valence-electron chi connectivity index (χ3n) is 4.79. The van der Waals surface area contributed by atoms with E-state index in [-0.39, 0.29) is 5.69 Å². The van der Waals surface area contributed by atoms with Gasteiger partial charge in [-0.1, -0.05) is 29.8 Å². The molecule has 2 heterocycles. The summed E-state index contributed by atoms with van der Waals surface area (Å²) >= 11 is 6.19. The fourth-order valence-electron chi connectivity index (χ4n) is 3.22. The van der Waals surface area contributed by atoms with E-state index in [1.54, 1.807) is 18.3 Å². The molecule has 5 aromatic rings. The number of benzene rings is 3. The smallest absolute Gasteiger partial charge is 0.270 e. The Hall–Kier alpha value is -4.23. The summed E-state index contributed by atoms with van der Waals surface area (Å²) in [5, 5.41) is 11.4. The third kappa shape index (κ3) is 3.89. The highest BCUT2D eigenvalue weighted by molar-refractivity contribution is 6.33. The molecule has 2 aromatic heterocycles. The van der Waals surface area contributed by atoms with Crippen molar-refractivity contribution < 1.29 is 13.8 Å². The highest BCUT2D eigenvalue weighted by Crippen LogP contribution is 2.32. The molecular formula is C24H14ClN3O4. The van der Waals surface area contributed by atoms with Crippen molar-refractivity contribution in [1.29, 1.82) is 0 Å². The molecule has 0 aliphatic rings. The van der Waals surface area contributed by atoms with Crippen LogP contribution in [0.1, 0.15) is 5.76 Å². The van der Waals surface area contributed by atoms with Gasteiger partial charge in [0, 0.05) is 23.3 Å². The van der Waals surface area contributed by atoms with E-state index in [1.165, 1.54) is 18.2 Å². The van der Waals surface area contributed by atoms with Gasteiger partial charge in [-0.05, 0) is 48.5 Å². The number of fused-ring (bicyclic) bond motifs is 1. The molecular weight excluding hydrogens is 430 g/mol. The normalized spacial score (nSPS) is 11.4. The van der Waals surface area contributed by atoms with E-state index in [0.29, 0.717) is 44.8 Å². The van der Waals surface area contributed by atoms with Crippen molar-refractivity contribution >= 4 is 40.3 Å². The molecule has 0 radical (unpaired) electrons. The van der Waals surface area contributed by atoms with Crippen molar-refractivity contribution in [2.24, 2.45) is 4.99 Å². The summed E-state index contributed by atoms with van der Waals surface area (Å²) < 4.78 is 11.6. The minimum Gasteiger partial charge on any atom is -0.455 e. The first-order valence-corrected chi connectivity index (χ1v) is 9.99. The Bertz CT molecular complexity index is 1470. The van der Waals surface area contributed by atoms with Crippen molar-refractivity contribution in [1.82, 2.24) is 4.98 Å². The van der Waals surface area contributed by atoms with Gasteiger partial charge in [0.15, 0.2) is 5.58 Å². The number of non-ortho nitro benzene ring substituents is 1. The minimum atomic E-state index is -0.478. The lowest BCUT2D eigenvalue weighted by atomic mass is 10.1. The van der Waals surface area contributed by atoms with Crippen LogP contribution in [0.25, 0.3) is 33.9 Å². The molecule has 0 saturated heterocycles. The molecule has 0 saturated carbocycles. The number of aromatic nitrogens is 1. The molecule has 0 aliphatic heterocycles. The monoisotopic (exact) mass is 443 g/mol. The minimum absolute atomic E-state index is 0.0631. The van der Waals surface area contributed by atoms with Gasteiger partial charge in [0.25, 0.3) is 5.69 Å². The summed E-state index contributed by atoms with van der Waals surface area (Å²) in [5.74, 6) is 1.44. The zero-order chi connectivity index (χ0) is 22.1. The van der Waals surface area contributed by atoms with Crippen molar-refractivity contribution in [3.8, 4) is 22.8 Å². The highest BCUT2D eigenvalue weighted by Gasteiger charge is 2.14. The van der Waals surface area contributed by atoms with Crippen LogP contribution in [0, 0.1) is 10.1 Å². The van der Waals surface area contributed by atoms with Crippen molar-refractivity contribution in [3.63, 3.8) is 0 Å². The second-order valence-electron chi connectivity index (χ2n) is 6.92. The quantitative estimate of drug-likeness (QED) is 0.164. The molecule has 0 spiro atoms. The lowest BCUT2D eigenvalue weighted by Crippen LogP contribution is -1.88. The second kappa shape index (κ2) is 8.13. The Kier molecular flexibility index (Phi) is 5.01. The summed E-state index contributed by atoms with van der Waals surface area (Å²) in [6, 6.07) is 22.7. The van der Waals surface area contributed by atoms with Crippen LogP contribution in [-0.2, 0) is 0 Å². The Morgan fingerprint density at radius 2 is 1.81 bits per heavy atom. The maximum Gasteiger partial charge on any atom is 0.270 e. The molecule has 7 nitrogen and oxygen atoms in total. The number of halogens is 1. The van der Waals surface area contributed by atoms with Crippen LogP contribution in [0.3, 0.4) is 0 Å². The molecule has 0 amide bonds. The van der Waals surface area contributed by atoms with E-state index < -0.39 is 4.92 Å². The van der Waals surface area contributed by atoms with Crippen LogP contribution in [0.5, 0.6) is 0 Å². The lowest BCUT2D eigenvalue weighted by Gasteiger charge is -2.00. The van der Waals surface area contributed by atoms with Crippen molar-refractivity contribution in [2.45, 2.75) is 0 Å². The Morgan fingerprint density at radius 1 is 0.969 bits per heavy atom. The van der Waals surface area contributed by atoms with Gasteiger partial charge < -0.3 is 8.83 Å². The molecule has 8 heteroatoms. The van der Waals surface area contributed by atoms with E-state index in [4.69, 9.17) is 20.4 Å². The van der Waals surface area contributed by atoms with E-state index in [1.807, 2.05) is 48.5 Å². The number of nitro benzene ring substituents is 1. The maximum atomic E-state index is 11.0. The average molecular weight is 444 g/mol. The predicted octanol–water partition coefficient (Wildman–Crippen LogP) is 7.07. The number of nitro groups is 1. The number of oxazole rings is 1. The summed E-state index contributed by atoms with van der Waals surface area (Å²) in [4.78, 5) is 19.5. The number of furan rings is 1. The van der Waals surface area contributed by atoms with E-state index in [0.717, 1.165) is 5.56 Å². The van der Waals surface area contributed by atoms with E-state index >= 15 is 0 Å². The van der Waals surface area contributed by atoms with Gasteiger partial charge in [-0.2, -0.15) is 0 Å². The van der Waals surface area contributed by atoms with Crippen molar-refractivity contribution in [3.05, 3.63) is 99.8 Å². The first-order valence-electron chi connectivity index (χ1n) is 9.61. The molecule has 0 N–H and O–H groups in total. The van der Waals surface area contributed by atoms with E-state index in [2.05, 4.69) is 9.98 Å². The van der Waals surface area contributed by atoms with Crippen LogP contribution < -0.4 is 0 Å². The second-order valence-corrected chi connectivity index (χ2v) is 7.33.